The van der Waals surface area contributed by atoms with Crippen molar-refractivity contribution in [3.8, 4) is 0 Å². The number of aryl methyl sites for hydroxylation is 1. The molecule has 0 saturated heterocycles. The van der Waals surface area contributed by atoms with E-state index in [0.29, 0.717) is 0 Å². The number of nitrogens with zero attached hydrogens (tertiary/aromatic N) is 3. The monoisotopic (exact) mass is 289 g/mol. The van der Waals surface area contributed by atoms with Crippen LogP contribution in [0.25, 0.3) is 0 Å². The molecule has 1 rings (SSSR count). The molecule has 5 heteroatoms. The summed E-state index contributed by atoms with van der Waals surface area (Å²) in [6.45, 7) is 7.23. The molecule has 1 unspecified atom stereocenters. The van der Waals surface area contributed by atoms with Crippen molar-refractivity contribution in [2.45, 2.75) is 26.4 Å². The summed E-state index contributed by atoms with van der Waals surface area (Å²) in [7, 11) is 1.85. The summed E-state index contributed by atoms with van der Waals surface area (Å²) in [6.07, 6.45) is 2.00. The number of halogens is 1. The van der Waals surface area contributed by atoms with Crippen LogP contribution in [0.4, 0.5) is 0 Å². The van der Waals surface area contributed by atoms with Gasteiger partial charge in [-0.2, -0.15) is 5.10 Å². The van der Waals surface area contributed by atoms with Crippen LogP contribution in [-0.4, -0.2) is 39.4 Å². The van der Waals surface area contributed by atoms with E-state index in [0.717, 1.165) is 36.2 Å². The van der Waals surface area contributed by atoms with Crippen LogP contribution in [0.1, 0.15) is 32.1 Å². The van der Waals surface area contributed by atoms with Crippen LogP contribution in [0.3, 0.4) is 0 Å². The molecule has 1 N–H and O–H groups in total. The molecule has 0 bridgehead atoms. The van der Waals surface area contributed by atoms with Crippen molar-refractivity contribution in [3.05, 3.63) is 16.4 Å². The third-order valence-corrected chi connectivity index (χ3v) is 3.48. The summed E-state index contributed by atoms with van der Waals surface area (Å²) < 4.78 is 2.60. The van der Waals surface area contributed by atoms with E-state index < -0.39 is 6.10 Å². The predicted molar refractivity (Wildman–Crippen MR) is 68.3 cm³/mol. The van der Waals surface area contributed by atoms with E-state index >= 15 is 0 Å². The van der Waals surface area contributed by atoms with Crippen molar-refractivity contribution in [1.29, 1.82) is 0 Å². The van der Waals surface area contributed by atoms with Crippen LogP contribution in [0.5, 0.6) is 0 Å². The first-order valence-corrected chi connectivity index (χ1v) is 6.47. The van der Waals surface area contributed by atoms with Gasteiger partial charge in [-0.15, -0.1) is 0 Å². The number of hydrogen-bond donors (Lipinski definition) is 1. The van der Waals surface area contributed by atoms with Crippen molar-refractivity contribution >= 4 is 15.9 Å². The molecule has 4 nitrogen and oxygen atoms in total. The first kappa shape index (κ1) is 13.7. The molecular weight excluding hydrogens is 270 g/mol. The zero-order valence-corrected chi connectivity index (χ0v) is 11.7. The Morgan fingerprint density at radius 3 is 2.56 bits per heavy atom. The van der Waals surface area contributed by atoms with Gasteiger partial charge in [0.2, 0.25) is 0 Å². The Morgan fingerprint density at radius 1 is 1.50 bits per heavy atom. The summed E-state index contributed by atoms with van der Waals surface area (Å²) in [5.41, 5.74) is 0.854. The number of hydrogen-bond acceptors (Lipinski definition) is 3. The maximum Gasteiger partial charge on any atom is 0.0980 e. The fraction of sp³-hybridized carbons (Fsp3) is 0.727. The Labute approximate surface area is 105 Å². The minimum Gasteiger partial charge on any atom is -0.387 e. The molecular formula is C11H20BrN3O. The molecule has 0 aliphatic rings. The third kappa shape index (κ3) is 3.30. The molecule has 1 aromatic rings. The second-order valence-corrected chi connectivity index (χ2v) is 4.69. The first-order chi connectivity index (χ1) is 7.60. The van der Waals surface area contributed by atoms with E-state index in [1.807, 2.05) is 7.05 Å². The Morgan fingerprint density at radius 2 is 2.12 bits per heavy atom. The minimum atomic E-state index is -0.456. The molecule has 0 aliphatic heterocycles. The molecule has 0 amide bonds. The molecule has 1 atom stereocenters. The smallest absolute Gasteiger partial charge is 0.0980 e. The standard InChI is InChI=1S/C11H20BrN3O/c1-4-15(5-2)7-6-10(16)11-9(12)8-13-14(11)3/h8,10,16H,4-7H2,1-3H3. The van der Waals surface area contributed by atoms with Gasteiger partial charge in [-0.1, -0.05) is 13.8 Å². The van der Waals surface area contributed by atoms with Crippen LogP contribution in [0.15, 0.2) is 10.7 Å². The highest BCUT2D eigenvalue weighted by molar-refractivity contribution is 9.10. The minimum absolute atomic E-state index is 0.456. The van der Waals surface area contributed by atoms with Crippen molar-refractivity contribution in [2.75, 3.05) is 19.6 Å². The van der Waals surface area contributed by atoms with E-state index in [1.165, 1.54) is 0 Å². The predicted octanol–water partition coefficient (Wildman–Crippen LogP) is 1.95. The molecule has 1 heterocycles. The largest absolute Gasteiger partial charge is 0.387 e. The lowest BCUT2D eigenvalue weighted by atomic mass is 10.2. The van der Waals surface area contributed by atoms with Gasteiger partial charge < -0.3 is 10.0 Å². The van der Waals surface area contributed by atoms with Gasteiger partial charge in [-0.3, -0.25) is 4.68 Å². The zero-order valence-electron chi connectivity index (χ0n) is 10.1. The lowest BCUT2D eigenvalue weighted by Crippen LogP contribution is -2.25. The van der Waals surface area contributed by atoms with Crippen LogP contribution in [0, 0.1) is 0 Å². The van der Waals surface area contributed by atoms with Gasteiger partial charge in [-0.05, 0) is 35.4 Å². The fourth-order valence-electron chi connectivity index (χ4n) is 1.78. The molecule has 92 valence electrons. The van der Waals surface area contributed by atoms with Gasteiger partial charge in [0.05, 0.1) is 22.5 Å². The molecule has 0 fully saturated rings. The highest BCUT2D eigenvalue weighted by atomic mass is 79.9. The summed E-state index contributed by atoms with van der Waals surface area (Å²) in [6, 6.07) is 0. The summed E-state index contributed by atoms with van der Waals surface area (Å²) in [5.74, 6) is 0. The van der Waals surface area contributed by atoms with Crippen molar-refractivity contribution in [2.24, 2.45) is 7.05 Å². The highest BCUT2D eigenvalue weighted by Gasteiger charge is 2.16. The molecule has 0 saturated carbocycles. The highest BCUT2D eigenvalue weighted by Crippen LogP contribution is 2.24. The Kier molecular flexibility index (Phi) is 5.44. The van der Waals surface area contributed by atoms with Crippen LogP contribution in [0.2, 0.25) is 0 Å². The number of rotatable bonds is 6. The first-order valence-electron chi connectivity index (χ1n) is 5.67. The van der Waals surface area contributed by atoms with E-state index in [-0.39, 0.29) is 0 Å². The topological polar surface area (TPSA) is 41.3 Å². The van der Waals surface area contributed by atoms with E-state index in [4.69, 9.17) is 0 Å². The number of aromatic nitrogens is 2. The molecule has 0 aromatic carbocycles. The van der Waals surface area contributed by atoms with Gasteiger partial charge in [0.25, 0.3) is 0 Å². The lowest BCUT2D eigenvalue weighted by Gasteiger charge is -2.20. The second kappa shape index (κ2) is 6.37. The van der Waals surface area contributed by atoms with Crippen LogP contribution < -0.4 is 0 Å². The molecule has 1 aromatic heterocycles. The van der Waals surface area contributed by atoms with Crippen molar-refractivity contribution in [1.82, 2.24) is 14.7 Å². The SMILES string of the molecule is CCN(CC)CCC(O)c1c(Br)cnn1C. The van der Waals surface area contributed by atoms with Crippen LogP contribution >= 0.6 is 15.9 Å². The summed E-state index contributed by atoms with van der Waals surface area (Å²) in [4.78, 5) is 2.30. The van der Waals surface area contributed by atoms with E-state index in [1.54, 1.807) is 10.9 Å². The van der Waals surface area contributed by atoms with Crippen molar-refractivity contribution < 1.29 is 5.11 Å². The molecule has 16 heavy (non-hydrogen) atoms. The molecule has 0 aliphatic carbocycles. The lowest BCUT2D eigenvalue weighted by molar-refractivity contribution is 0.137. The Hall–Kier alpha value is -0.390. The number of aliphatic hydroxyl groups is 1. The normalized spacial score (nSPS) is 13.4. The fourth-order valence-corrected chi connectivity index (χ4v) is 2.39. The van der Waals surface area contributed by atoms with Crippen LogP contribution in [-0.2, 0) is 7.05 Å². The average molecular weight is 290 g/mol. The zero-order chi connectivity index (χ0) is 12.1. The van der Waals surface area contributed by atoms with Crippen molar-refractivity contribution in [3.63, 3.8) is 0 Å². The maximum atomic E-state index is 10.1. The second-order valence-electron chi connectivity index (χ2n) is 3.83. The summed E-state index contributed by atoms with van der Waals surface area (Å²) >= 11 is 3.40. The quantitative estimate of drug-likeness (QED) is 0.870. The average Bonchev–Trinajstić information content (AvgIpc) is 2.60. The van der Waals surface area contributed by atoms with Gasteiger partial charge in [0.1, 0.15) is 0 Å². The molecule has 0 radical (unpaired) electrons. The summed E-state index contributed by atoms with van der Waals surface area (Å²) in [5, 5.41) is 14.2. The van der Waals surface area contributed by atoms with Gasteiger partial charge in [-0.25, -0.2) is 0 Å². The van der Waals surface area contributed by atoms with Gasteiger partial charge >= 0.3 is 0 Å². The van der Waals surface area contributed by atoms with Gasteiger partial charge in [0, 0.05) is 13.6 Å². The molecule has 0 spiro atoms. The number of aliphatic hydroxyl groups excluding tert-OH is 1. The third-order valence-electron chi connectivity index (χ3n) is 2.87. The maximum absolute atomic E-state index is 10.1. The Bertz CT molecular complexity index is 304. The van der Waals surface area contributed by atoms with E-state index in [2.05, 4.69) is 39.8 Å². The van der Waals surface area contributed by atoms with Gasteiger partial charge in [0.15, 0.2) is 0 Å². The Balaban J connectivity index is 2.55. The van der Waals surface area contributed by atoms with E-state index in [9.17, 15) is 5.11 Å².